The van der Waals surface area contributed by atoms with Crippen LogP contribution >= 0.6 is 0 Å². The van der Waals surface area contributed by atoms with Crippen molar-refractivity contribution in [2.45, 2.75) is 33.7 Å². The Balaban J connectivity index is 3.01. The molecule has 82 valence electrons. The molecule has 0 saturated carbocycles. The smallest absolute Gasteiger partial charge is 0.251 e. The molecule has 0 atom stereocenters. The van der Waals surface area contributed by atoms with Crippen molar-refractivity contribution in [3.63, 3.8) is 0 Å². The van der Waals surface area contributed by atoms with Gasteiger partial charge in [-0.3, -0.25) is 4.79 Å². The van der Waals surface area contributed by atoms with Gasteiger partial charge in [0, 0.05) is 11.6 Å². The van der Waals surface area contributed by atoms with Gasteiger partial charge in [0.05, 0.1) is 0 Å². The van der Waals surface area contributed by atoms with E-state index < -0.39 is 0 Å². The number of benzene rings is 1. The average Bonchev–Trinajstić information content (AvgIpc) is 2.12. The number of hydrogen-bond acceptors (Lipinski definition) is 2. The molecule has 0 fully saturated rings. The molecule has 0 aliphatic carbocycles. The van der Waals surface area contributed by atoms with Crippen molar-refractivity contribution in [2.75, 3.05) is 0 Å². The molecular formula is C12H17NO2. The summed E-state index contributed by atoms with van der Waals surface area (Å²) in [6, 6.07) is 3.51. The summed E-state index contributed by atoms with van der Waals surface area (Å²) in [6.45, 7) is 7.40. The Morgan fingerprint density at radius 1 is 1.27 bits per heavy atom. The Bertz CT molecular complexity index is 360. The van der Waals surface area contributed by atoms with Crippen LogP contribution in [0.25, 0.3) is 0 Å². The lowest BCUT2D eigenvalue weighted by atomic mass is 10.1. The van der Waals surface area contributed by atoms with Crippen LogP contribution in [0.2, 0.25) is 0 Å². The van der Waals surface area contributed by atoms with Gasteiger partial charge in [0.25, 0.3) is 5.91 Å². The maximum absolute atomic E-state index is 11.7. The van der Waals surface area contributed by atoms with Gasteiger partial charge in [0.15, 0.2) is 0 Å². The minimum absolute atomic E-state index is 0.101. The van der Waals surface area contributed by atoms with Gasteiger partial charge in [-0.1, -0.05) is 0 Å². The zero-order valence-corrected chi connectivity index (χ0v) is 9.59. The molecule has 0 aliphatic heterocycles. The average molecular weight is 207 g/mol. The molecule has 0 radical (unpaired) electrons. The summed E-state index contributed by atoms with van der Waals surface area (Å²) in [7, 11) is 0. The van der Waals surface area contributed by atoms with Crippen LogP contribution in [-0.4, -0.2) is 17.1 Å². The fourth-order valence-corrected chi connectivity index (χ4v) is 1.43. The summed E-state index contributed by atoms with van der Waals surface area (Å²) in [5.41, 5.74) is 2.05. The fourth-order valence-electron chi connectivity index (χ4n) is 1.43. The van der Waals surface area contributed by atoms with Gasteiger partial charge in [0.1, 0.15) is 5.75 Å². The number of nitrogens with one attached hydrogen (secondary N) is 1. The Kier molecular flexibility index (Phi) is 3.35. The largest absolute Gasteiger partial charge is 0.507 e. The number of hydrogen-bond donors (Lipinski definition) is 2. The highest BCUT2D eigenvalue weighted by Gasteiger charge is 2.10. The highest BCUT2D eigenvalue weighted by molar-refractivity contribution is 5.95. The van der Waals surface area contributed by atoms with Crippen LogP contribution in [0, 0.1) is 13.8 Å². The quantitative estimate of drug-likeness (QED) is 0.780. The van der Waals surface area contributed by atoms with Crippen LogP contribution in [0.1, 0.15) is 35.3 Å². The lowest BCUT2D eigenvalue weighted by Crippen LogP contribution is -2.30. The molecule has 0 heterocycles. The second-order valence-electron chi connectivity index (χ2n) is 4.09. The zero-order chi connectivity index (χ0) is 11.6. The number of rotatable bonds is 2. The van der Waals surface area contributed by atoms with Crippen LogP contribution in [-0.2, 0) is 0 Å². The van der Waals surface area contributed by atoms with E-state index in [0.29, 0.717) is 5.56 Å². The third kappa shape index (κ3) is 2.72. The molecule has 1 rings (SSSR count). The van der Waals surface area contributed by atoms with Crippen molar-refractivity contribution >= 4 is 5.91 Å². The topological polar surface area (TPSA) is 49.3 Å². The van der Waals surface area contributed by atoms with Gasteiger partial charge in [0.2, 0.25) is 0 Å². The van der Waals surface area contributed by atoms with Gasteiger partial charge >= 0.3 is 0 Å². The third-order valence-electron chi connectivity index (χ3n) is 2.17. The first-order chi connectivity index (χ1) is 6.91. The second-order valence-corrected chi connectivity index (χ2v) is 4.09. The van der Waals surface area contributed by atoms with E-state index in [4.69, 9.17) is 0 Å². The molecule has 0 aliphatic rings. The molecule has 0 saturated heterocycles. The van der Waals surface area contributed by atoms with Crippen LogP contribution in [0.15, 0.2) is 12.1 Å². The van der Waals surface area contributed by atoms with Gasteiger partial charge < -0.3 is 10.4 Å². The second kappa shape index (κ2) is 4.34. The number of aromatic hydroxyl groups is 1. The maximum Gasteiger partial charge on any atom is 0.251 e. The lowest BCUT2D eigenvalue weighted by molar-refractivity contribution is 0.0943. The fraction of sp³-hybridized carbons (Fsp3) is 0.417. The summed E-state index contributed by atoms with van der Waals surface area (Å²) < 4.78 is 0. The Hall–Kier alpha value is -1.51. The minimum atomic E-state index is -0.101. The predicted octanol–water partition coefficient (Wildman–Crippen LogP) is 2.15. The van der Waals surface area contributed by atoms with E-state index in [0.717, 1.165) is 11.1 Å². The predicted molar refractivity (Wildman–Crippen MR) is 60.2 cm³/mol. The normalized spacial score (nSPS) is 10.5. The van der Waals surface area contributed by atoms with E-state index in [1.165, 1.54) is 0 Å². The minimum Gasteiger partial charge on any atom is -0.507 e. The molecule has 0 bridgehead atoms. The molecule has 15 heavy (non-hydrogen) atoms. The van der Waals surface area contributed by atoms with E-state index in [9.17, 15) is 9.90 Å². The van der Waals surface area contributed by atoms with Crippen molar-refractivity contribution in [1.82, 2.24) is 5.32 Å². The standard InChI is InChI=1S/C12H17NO2/c1-7(2)13-12(15)10-5-8(3)11(14)9(4)6-10/h5-7,14H,1-4H3,(H,13,15). The van der Waals surface area contributed by atoms with Crippen molar-refractivity contribution in [2.24, 2.45) is 0 Å². The highest BCUT2D eigenvalue weighted by atomic mass is 16.3. The van der Waals surface area contributed by atoms with Gasteiger partial charge in [-0.15, -0.1) is 0 Å². The van der Waals surface area contributed by atoms with E-state index in [1.54, 1.807) is 26.0 Å². The van der Waals surface area contributed by atoms with Crippen LogP contribution in [0.5, 0.6) is 5.75 Å². The van der Waals surface area contributed by atoms with E-state index in [2.05, 4.69) is 5.32 Å². The third-order valence-corrected chi connectivity index (χ3v) is 2.17. The SMILES string of the molecule is Cc1cc(C(=O)NC(C)C)cc(C)c1O. The van der Waals surface area contributed by atoms with Gasteiger partial charge in [-0.25, -0.2) is 0 Å². The number of carbonyl (C=O) groups is 1. The van der Waals surface area contributed by atoms with Crippen molar-refractivity contribution in [3.05, 3.63) is 28.8 Å². The molecule has 1 amide bonds. The summed E-state index contributed by atoms with van der Waals surface area (Å²) in [5, 5.41) is 12.4. The summed E-state index contributed by atoms with van der Waals surface area (Å²) in [6.07, 6.45) is 0. The number of phenols is 1. The summed E-state index contributed by atoms with van der Waals surface area (Å²) >= 11 is 0. The molecule has 1 aromatic rings. The molecule has 1 aromatic carbocycles. The van der Waals surface area contributed by atoms with E-state index in [-0.39, 0.29) is 17.7 Å². The van der Waals surface area contributed by atoms with Crippen LogP contribution < -0.4 is 5.32 Å². The molecule has 0 aromatic heterocycles. The number of carbonyl (C=O) groups excluding carboxylic acids is 1. The number of aryl methyl sites for hydroxylation is 2. The van der Waals surface area contributed by atoms with Gasteiger partial charge in [-0.2, -0.15) is 0 Å². The molecule has 0 spiro atoms. The summed E-state index contributed by atoms with van der Waals surface area (Å²) in [4.78, 5) is 11.7. The maximum atomic E-state index is 11.7. The lowest BCUT2D eigenvalue weighted by Gasteiger charge is -2.10. The molecule has 3 nitrogen and oxygen atoms in total. The van der Waals surface area contributed by atoms with Crippen molar-refractivity contribution < 1.29 is 9.90 Å². The Morgan fingerprint density at radius 3 is 2.13 bits per heavy atom. The van der Waals surface area contributed by atoms with Crippen LogP contribution in [0.4, 0.5) is 0 Å². The molecule has 0 unspecified atom stereocenters. The first-order valence-corrected chi connectivity index (χ1v) is 5.03. The number of phenolic OH excluding ortho intramolecular Hbond substituents is 1. The van der Waals surface area contributed by atoms with Crippen LogP contribution in [0.3, 0.4) is 0 Å². The van der Waals surface area contributed by atoms with Crippen molar-refractivity contribution in [1.29, 1.82) is 0 Å². The Labute approximate surface area is 90.1 Å². The number of amides is 1. The molecule has 3 heteroatoms. The highest BCUT2D eigenvalue weighted by Crippen LogP contribution is 2.22. The zero-order valence-electron chi connectivity index (χ0n) is 9.59. The molecule has 2 N–H and O–H groups in total. The van der Waals surface area contributed by atoms with E-state index in [1.807, 2.05) is 13.8 Å². The monoisotopic (exact) mass is 207 g/mol. The first-order valence-electron chi connectivity index (χ1n) is 5.03. The summed E-state index contributed by atoms with van der Waals surface area (Å²) in [5.74, 6) is 0.160. The Morgan fingerprint density at radius 2 is 1.73 bits per heavy atom. The van der Waals surface area contributed by atoms with E-state index >= 15 is 0 Å². The first kappa shape index (κ1) is 11.6. The van der Waals surface area contributed by atoms with Gasteiger partial charge in [-0.05, 0) is 51.0 Å². The molecular weight excluding hydrogens is 190 g/mol. The van der Waals surface area contributed by atoms with Crippen molar-refractivity contribution in [3.8, 4) is 5.75 Å².